The second-order valence-corrected chi connectivity index (χ2v) is 6.57. The molecule has 0 N–H and O–H groups in total. The molecule has 0 aromatic heterocycles. The maximum Gasteiger partial charge on any atom is 0.341 e. The smallest absolute Gasteiger partial charge is 0.341 e. The van der Waals surface area contributed by atoms with E-state index in [2.05, 4.69) is 0 Å². The number of carbonyl (C=O) groups is 1. The van der Waals surface area contributed by atoms with E-state index in [0.717, 1.165) is 11.1 Å². The Morgan fingerprint density at radius 2 is 1.61 bits per heavy atom. The first-order valence-electron chi connectivity index (χ1n) is 5.63. The highest BCUT2D eigenvalue weighted by Gasteiger charge is 2.39. The van der Waals surface area contributed by atoms with Crippen molar-refractivity contribution < 1.29 is 13.9 Å². The Kier molecular flexibility index (Phi) is 2.39. The van der Waals surface area contributed by atoms with Gasteiger partial charge in [0.05, 0.1) is 5.30 Å². The Morgan fingerprint density at radius 1 is 1.00 bits per heavy atom. The molecular weight excluding hydrogens is 247 g/mol. The lowest BCUT2D eigenvalue weighted by Gasteiger charge is -2.26. The first kappa shape index (κ1) is 11.2. The Labute approximate surface area is 105 Å². The molecule has 1 atom stereocenters. The lowest BCUT2D eigenvalue weighted by molar-refractivity contribution is -0.110. The fraction of sp³-hybridized carbons (Fsp3) is 0.0714. The number of fused-ring (bicyclic) bond motifs is 3. The third-order valence-electron chi connectivity index (χ3n) is 3.04. The minimum absolute atomic E-state index is 0.426. The average molecular weight is 258 g/mol. The van der Waals surface area contributed by atoms with Gasteiger partial charge in [0.1, 0.15) is 5.75 Å². The van der Waals surface area contributed by atoms with E-state index in [9.17, 15) is 9.36 Å². The number of hydrogen-bond acceptors (Lipinski definition) is 3. The van der Waals surface area contributed by atoms with Gasteiger partial charge in [-0.15, -0.1) is 0 Å². The zero-order chi connectivity index (χ0) is 12.8. The minimum atomic E-state index is -3.45. The van der Waals surface area contributed by atoms with Gasteiger partial charge in [-0.1, -0.05) is 36.4 Å². The van der Waals surface area contributed by atoms with Crippen LogP contribution in [0.15, 0.2) is 48.5 Å². The minimum Gasteiger partial charge on any atom is -0.434 e. The third-order valence-corrected chi connectivity index (χ3v) is 5.35. The lowest BCUT2D eigenvalue weighted by Crippen LogP contribution is -2.21. The van der Waals surface area contributed by atoms with Gasteiger partial charge in [-0.3, -0.25) is 9.36 Å². The first-order valence-corrected chi connectivity index (χ1v) is 7.25. The Balaban J connectivity index is 2.37. The summed E-state index contributed by atoms with van der Waals surface area (Å²) in [6.45, 7) is 1.31. The van der Waals surface area contributed by atoms with Crippen LogP contribution in [0.4, 0.5) is 0 Å². The normalized spacial score (nSPS) is 20.5. The molecule has 0 bridgehead atoms. The summed E-state index contributed by atoms with van der Waals surface area (Å²) in [4.78, 5) is 11.7. The molecule has 1 unspecified atom stereocenters. The van der Waals surface area contributed by atoms with E-state index < -0.39 is 12.9 Å². The van der Waals surface area contributed by atoms with Gasteiger partial charge in [0.15, 0.2) is 0 Å². The monoisotopic (exact) mass is 258 g/mol. The van der Waals surface area contributed by atoms with E-state index in [1.807, 2.05) is 24.3 Å². The zero-order valence-corrected chi connectivity index (χ0v) is 10.7. The molecule has 90 valence electrons. The third kappa shape index (κ3) is 1.44. The van der Waals surface area contributed by atoms with E-state index in [1.165, 1.54) is 6.92 Å². The average Bonchev–Trinajstić information content (AvgIpc) is 2.39. The SMILES string of the molecule is CC(=O)P1(=O)Oc2ccccc2-c2ccccc21. The van der Waals surface area contributed by atoms with E-state index >= 15 is 0 Å². The summed E-state index contributed by atoms with van der Waals surface area (Å²) >= 11 is 0. The van der Waals surface area contributed by atoms with E-state index in [1.54, 1.807) is 24.3 Å². The summed E-state index contributed by atoms with van der Waals surface area (Å²) in [7, 11) is -3.45. The predicted octanol–water partition coefficient (Wildman–Crippen LogP) is 3.20. The summed E-state index contributed by atoms with van der Waals surface area (Å²) in [6, 6.07) is 14.5. The van der Waals surface area contributed by atoms with Crippen LogP contribution in [0, 0.1) is 0 Å². The second-order valence-electron chi connectivity index (χ2n) is 4.18. The van der Waals surface area contributed by atoms with Crippen molar-refractivity contribution >= 4 is 18.2 Å². The Hall–Kier alpha value is -1.86. The van der Waals surface area contributed by atoms with E-state index in [4.69, 9.17) is 4.52 Å². The van der Waals surface area contributed by atoms with Gasteiger partial charge in [-0.25, -0.2) is 0 Å². The maximum absolute atomic E-state index is 12.7. The summed E-state index contributed by atoms with van der Waals surface area (Å²) < 4.78 is 18.3. The molecule has 0 saturated heterocycles. The van der Waals surface area contributed by atoms with Gasteiger partial charge in [0, 0.05) is 12.5 Å². The largest absolute Gasteiger partial charge is 0.434 e. The molecule has 0 spiro atoms. The number of hydrogen-bond donors (Lipinski definition) is 0. The highest BCUT2D eigenvalue weighted by Crippen LogP contribution is 2.54. The molecule has 1 aliphatic heterocycles. The fourth-order valence-corrected chi connectivity index (χ4v) is 3.95. The van der Waals surface area contributed by atoms with Crippen LogP contribution in [0.2, 0.25) is 0 Å². The topological polar surface area (TPSA) is 43.4 Å². The van der Waals surface area contributed by atoms with Gasteiger partial charge >= 0.3 is 7.37 Å². The molecule has 1 aliphatic rings. The molecule has 0 aliphatic carbocycles. The molecule has 3 rings (SSSR count). The lowest BCUT2D eigenvalue weighted by atomic mass is 10.0. The molecule has 0 saturated carbocycles. The van der Waals surface area contributed by atoms with Crippen LogP contribution in [-0.4, -0.2) is 5.52 Å². The standard InChI is InChI=1S/C14H11O3P/c1-10(15)18(16)14-9-5-3-7-12(14)11-6-2-4-8-13(11)17-18/h2-9H,1H3. The highest BCUT2D eigenvalue weighted by molar-refractivity contribution is 7.83. The number of para-hydroxylation sites is 1. The number of rotatable bonds is 1. The summed E-state index contributed by atoms with van der Waals surface area (Å²) in [5, 5.41) is 0.496. The molecular formula is C14H11O3P. The van der Waals surface area contributed by atoms with E-state index in [-0.39, 0.29) is 0 Å². The Bertz CT molecular complexity index is 691. The quantitative estimate of drug-likeness (QED) is 0.738. The summed E-state index contributed by atoms with van der Waals surface area (Å²) in [6.07, 6.45) is 0. The highest BCUT2D eigenvalue weighted by atomic mass is 31.2. The first-order chi connectivity index (χ1) is 8.63. The summed E-state index contributed by atoms with van der Waals surface area (Å²) in [5.74, 6) is 0.509. The molecule has 1 heterocycles. The van der Waals surface area contributed by atoms with Crippen molar-refractivity contribution in [3.05, 3.63) is 48.5 Å². The van der Waals surface area contributed by atoms with Crippen LogP contribution in [0.3, 0.4) is 0 Å². The molecule has 0 amide bonds. The van der Waals surface area contributed by atoms with Gasteiger partial charge in [-0.2, -0.15) is 0 Å². The van der Waals surface area contributed by atoms with Crippen molar-refractivity contribution in [2.75, 3.05) is 0 Å². The fourth-order valence-electron chi connectivity index (χ4n) is 2.15. The number of benzene rings is 2. The molecule has 2 aromatic rings. The molecule has 0 radical (unpaired) electrons. The van der Waals surface area contributed by atoms with Gasteiger partial charge in [-0.05, 0) is 17.7 Å². The maximum atomic E-state index is 12.7. The van der Waals surface area contributed by atoms with Crippen LogP contribution in [0.1, 0.15) is 6.92 Å². The van der Waals surface area contributed by atoms with Crippen LogP contribution >= 0.6 is 7.37 Å². The van der Waals surface area contributed by atoms with Crippen LogP contribution in [-0.2, 0) is 9.36 Å². The van der Waals surface area contributed by atoms with Gasteiger partial charge in [0.2, 0.25) is 5.52 Å². The zero-order valence-electron chi connectivity index (χ0n) is 9.79. The van der Waals surface area contributed by atoms with Crippen LogP contribution in [0.25, 0.3) is 11.1 Å². The van der Waals surface area contributed by atoms with Crippen molar-refractivity contribution in [1.82, 2.24) is 0 Å². The van der Waals surface area contributed by atoms with E-state index in [0.29, 0.717) is 11.1 Å². The molecule has 3 nitrogen and oxygen atoms in total. The molecule has 0 fully saturated rings. The van der Waals surface area contributed by atoms with Crippen LogP contribution in [0.5, 0.6) is 5.75 Å². The van der Waals surface area contributed by atoms with Gasteiger partial charge in [0.25, 0.3) is 0 Å². The van der Waals surface area contributed by atoms with Crippen molar-refractivity contribution in [2.45, 2.75) is 6.92 Å². The van der Waals surface area contributed by atoms with Gasteiger partial charge < -0.3 is 4.52 Å². The predicted molar refractivity (Wildman–Crippen MR) is 70.4 cm³/mol. The van der Waals surface area contributed by atoms with Crippen LogP contribution < -0.4 is 9.83 Å². The Morgan fingerprint density at radius 3 is 2.33 bits per heavy atom. The summed E-state index contributed by atoms with van der Waals surface area (Å²) in [5.41, 5.74) is 1.27. The van der Waals surface area contributed by atoms with Crippen molar-refractivity contribution in [3.63, 3.8) is 0 Å². The second kappa shape index (κ2) is 3.82. The molecule has 4 heteroatoms. The van der Waals surface area contributed by atoms with Crippen molar-refractivity contribution in [2.24, 2.45) is 0 Å². The number of carbonyl (C=O) groups excluding carboxylic acids is 1. The molecule has 18 heavy (non-hydrogen) atoms. The van der Waals surface area contributed by atoms with Crippen molar-refractivity contribution in [3.8, 4) is 16.9 Å². The molecule has 2 aromatic carbocycles. The van der Waals surface area contributed by atoms with Crippen molar-refractivity contribution in [1.29, 1.82) is 0 Å².